The minimum atomic E-state index is 0.347. The highest BCUT2D eigenvalue weighted by Crippen LogP contribution is 2.27. The molecule has 19 heavy (non-hydrogen) atoms. The van der Waals surface area contributed by atoms with Gasteiger partial charge in [-0.15, -0.1) is 0 Å². The van der Waals surface area contributed by atoms with Crippen LogP contribution in [0.2, 0.25) is 0 Å². The SMILES string of the molecule is CSC1CCCC(NC(C)Cc2ccc(O)cc2)C1. The van der Waals surface area contributed by atoms with Gasteiger partial charge >= 0.3 is 0 Å². The topological polar surface area (TPSA) is 32.3 Å². The molecule has 2 nitrogen and oxygen atoms in total. The van der Waals surface area contributed by atoms with Crippen LogP contribution in [0.3, 0.4) is 0 Å². The molecule has 1 fully saturated rings. The van der Waals surface area contributed by atoms with Gasteiger partial charge < -0.3 is 10.4 Å². The van der Waals surface area contributed by atoms with Gasteiger partial charge in [-0.25, -0.2) is 0 Å². The zero-order valence-electron chi connectivity index (χ0n) is 11.9. The number of phenols is 1. The predicted octanol–water partition coefficient (Wildman–Crippen LogP) is 3.59. The number of thioether (sulfide) groups is 1. The highest BCUT2D eigenvalue weighted by molar-refractivity contribution is 7.99. The molecule has 2 rings (SSSR count). The van der Waals surface area contributed by atoms with Crippen molar-refractivity contribution in [1.82, 2.24) is 5.32 Å². The maximum Gasteiger partial charge on any atom is 0.115 e. The lowest BCUT2D eigenvalue weighted by molar-refractivity contribution is 0.349. The second-order valence-electron chi connectivity index (χ2n) is 5.66. The third-order valence-corrected chi connectivity index (χ3v) is 5.05. The summed E-state index contributed by atoms with van der Waals surface area (Å²) in [6.07, 6.45) is 8.62. The van der Waals surface area contributed by atoms with E-state index in [1.807, 2.05) is 23.9 Å². The van der Waals surface area contributed by atoms with Crippen molar-refractivity contribution < 1.29 is 5.11 Å². The first-order valence-corrected chi connectivity index (χ1v) is 8.53. The van der Waals surface area contributed by atoms with E-state index in [9.17, 15) is 5.11 Å². The smallest absolute Gasteiger partial charge is 0.115 e. The average molecular weight is 279 g/mol. The Bertz CT molecular complexity index is 379. The van der Waals surface area contributed by atoms with Crippen LogP contribution in [0.15, 0.2) is 24.3 Å². The summed E-state index contributed by atoms with van der Waals surface area (Å²) in [5.74, 6) is 0.347. The Kier molecular flexibility index (Phi) is 5.59. The summed E-state index contributed by atoms with van der Waals surface area (Å²) in [4.78, 5) is 0. The molecule has 3 heteroatoms. The summed E-state index contributed by atoms with van der Waals surface area (Å²) in [7, 11) is 0. The van der Waals surface area contributed by atoms with Gasteiger partial charge in [0.15, 0.2) is 0 Å². The van der Waals surface area contributed by atoms with E-state index in [0.717, 1.165) is 11.7 Å². The van der Waals surface area contributed by atoms with Gasteiger partial charge in [-0.05, 0) is 56.6 Å². The Morgan fingerprint density at radius 1 is 1.32 bits per heavy atom. The van der Waals surface area contributed by atoms with Gasteiger partial charge in [0.1, 0.15) is 5.75 Å². The predicted molar refractivity (Wildman–Crippen MR) is 84.0 cm³/mol. The quantitative estimate of drug-likeness (QED) is 0.864. The van der Waals surface area contributed by atoms with E-state index < -0.39 is 0 Å². The molecule has 0 saturated heterocycles. The number of phenolic OH excluding ortho intramolecular Hbond substituents is 1. The van der Waals surface area contributed by atoms with Crippen LogP contribution < -0.4 is 5.32 Å². The number of nitrogens with one attached hydrogen (secondary N) is 1. The second kappa shape index (κ2) is 7.20. The molecule has 1 aromatic rings. The number of rotatable bonds is 5. The molecule has 106 valence electrons. The normalized spacial score (nSPS) is 25.2. The molecule has 0 bridgehead atoms. The van der Waals surface area contributed by atoms with Gasteiger partial charge in [0.2, 0.25) is 0 Å². The van der Waals surface area contributed by atoms with Crippen LogP contribution >= 0.6 is 11.8 Å². The van der Waals surface area contributed by atoms with E-state index in [1.165, 1.54) is 31.2 Å². The highest BCUT2D eigenvalue weighted by atomic mass is 32.2. The Labute approximate surface area is 121 Å². The molecule has 1 aromatic carbocycles. The monoisotopic (exact) mass is 279 g/mol. The summed E-state index contributed by atoms with van der Waals surface area (Å²) in [6, 6.07) is 8.74. The number of aromatic hydroxyl groups is 1. The standard InChI is InChI=1S/C16H25NOS/c1-12(10-13-6-8-15(18)9-7-13)17-14-4-3-5-16(11-14)19-2/h6-9,12,14,16-18H,3-5,10-11H2,1-2H3. The number of hydrogen-bond donors (Lipinski definition) is 2. The molecule has 0 spiro atoms. The molecule has 1 saturated carbocycles. The summed E-state index contributed by atoms with van der Waals surface area (Å²) >= 11 is 2.01. The van der Waals surface area contributed by atoms with Gasteiger partial charge in [0, 0.05) is 17.3 Å². The fourth-order valence-electron chi connectivity index (χ4n) is 2.96. The Morgan fingerprint density at radius 3 is 2.74 bits per heavy atom. The summed E-state index contributed by atoms with van der Waals surface area (Å²) in [6.45, 7) is 2.26. The molecule has 0 radical (unpaired) electrons. The zero-order valence-corrected chi connectivity index (χ0v) is 12.7. The zero-order chi connectivity index (χ0) is 13.7. The van der Waals surface area contributed by atoms with Crippen LogP contribution in [0.25, 0.3) is 0 Å². The van der Waals surface area contributed by atoms with Crippen molar-refractivity contribution in [2.24, 2.45) is 0 Å². The van der Waals surface area contributed by atoms with Crippen LogP contribution in [0.5, 0.6) is 5.75 Å². The first-order chi connectivity index (χ1) is 9.17. The third kappa shape index (κ3) is 4.73. The number of benzene rings is 1. The van der Waals surface area contributed by atoms with Gasteiger partial charge in [0.05, 0.1) is 0 Å². The molecule has 0 aliphatic heterocycles. The van der Waals surface area contributed by atoms with E-state index >= 15 is 0 Å². The van der Waals surface area contributed by atoms with Gasteiger partial charge in [-0.2, -0.15) is 11.8 Å². The Morgan fingerprint density at radius 2 is 2.05 bits per heavy atom. The van der Waals surface area contributed by atoms with Crippen LogP contribution in [0, 0.1) is 0 Å². The molecular weight excluding hydrogens is 254 g/mol. The molecule has 1 aliphatic carbocycles. The van der Waals surface area contributed by atoms with Gasteiger partial charge in [0.25, 0.3) is 0 Å². The van der Waals surface area contributed by atoms with Crippen molar-refractivity contribution in [2.75, 3.05) is 6.26 Å². The van der Waals surface area contributed by atoms with E-state index in [4.69, 9.17) is 0 Å². The molecule has 3 atom stereocenters. The third-order valence-electron chi connectivity index (χ3n) is 3.96. The summed E-state index contributed by atoms with van der Waals surface area (Å²) in [5.41, 5.74) is 1.29. The lowest BCUT2D eigenvalue weighted by Crippen LogP contribution is -2.41. The minimum Gasteiger partial charge on any atom is -0.508 e. The molecule has 0 amide bonds. The number of hydrogen-bond acceptors (Lipinski definition) is 3. The van der Waals surface area contributed by atoms with E-state index in [1.54, 1.807) is 12.1 Å². The summed E-state index contributed by atoms with van der Waals surface area (Å²) in [5, 5.41) is 13.9. The maximum atomic E-state index is 9.29. The first-order valence-electron chi connectivity index (χ1n) is 7.24. The van der Waals surface area contributed by atoms with Gasteiger partial charge in [-0.3, -0.25) is 0 Å². The van der Waals surface area contributed by atoms with Crippen molar-refractivity contribution in [2.45, 2.75) is 56.4 Å². The van der Waals surface area contributed by atoms with Crippen LogP contribution in [0.1, 0.15) is 38.2 Å². The molecule has 0 heterocycles. The Balaban J connectivity index is 1.80. The molecule has 1 aliphatic rings. The summed E-state index contributed by atoms with van der Waals surface area (Å²) < 4.78 is 0. The average Bonchev–Trinajstić information content (AvgIpc) is 2.41. The minimum absolute atomic E-state index is 0.347. The lowest BCUT2D eigenvalue weighted by Gasteiger charge is -2.31. The largest absolute Gasteiger partial charge is 0.508 e. The van der Waals surface area contributed by atoms with Crippen LogP contribution in [-0.2, 0) is 6.42 Å². The Hall–Kier alpha value is -0.670. The molecule has 2 N–H and O–H groups in total. The maximum absolute atomic E-state index is 9.29. The lowest BCUT2D eigenvalue weighted by atomic mass is 9.94. The van der Waals surface area contributed by atoms with Crippen LogP contribution in [0.4, 0.5) is 0 Å². The van der Waals surface area contributed by atoms with E-state index in [0.29, 0.717) is 17.8 Å². The van der Waals surface area contributed by atoms with Crippen molar-refractivity contribution in [3.05, 3.63) is 29.8 Å². The molecule has 0 aromatic heterocycles. The first kappa shape index (κ1) is 14.7. The molecule has 3 unspecified atom stereocenters. The van der Waals surface area contributed by atoms with Crippen molar-refractivity contribution in [3.63, 3.8) is 0 Å². The van der Waals surface area contributed by atoms with Crippen molar-refractivity contribution >= 4 is 11.8 Å². The van der Waals surface area contributed by atoms with E-state index in [2.05, 4.69) is 18.5 Å². The van der Waals surface area contributed by atoms with Gasteiger partial charge in [-0.1, -0.05) is 18.6 Å². The van der Waals surface area contributed by atoms with Crippen molar-refractivity contribution in [3.8, 4) is 5.75 Å². The van der Waals surface area contributed by atoms with Crippen molar-refractivity contribution in [1.29, 1.82) is 0 Å². The second-order valence-corrected chi connectivity index (χ2v) is 6.80. The highest BCUT2D eigenvalue weighted by Gasteiger charge is 2.22. The van der Waals surface area contributed by atoms with E-state index in [-0.39, 0.29) is 0 Å². The molecular formula is C16H25NOS. The fraction of sp³-hybridized carbons (Fsp3) is 0.625. The van der Waals surface area contributed by atoms with Crippen LogP contribution in [-0.4, -0.2) is 28.7 Å². The fourth-order valence-corrected chi connectivity index (χ4v) is 3.78.